The summed E-state index contributed by atoms with van der Waals surface area (Å²) in [5.74, 6) is 0.783. The third-order valence-corrected chi connectivity index (χ3v) is 5.24. The van der Waals surface area contributed by atoms with Crippen LogP contribution in [0.3, 0.4) is 0 Å². The Morgan fingerprint density at radius 3 is 2.68 bits per heavy atom. The van der Waals surface area contributed by atoms with Crippen molar-refractivity contribution in [3.05, 3.63) is 0 Å². The Kier molecular flexibility index (Phi) is 5.27. The van der Waals surface area contributed by atoms with Crippen LogP contribution in [0.5, 0.6) is 0 Å². The monoisotopic (exact) mass is 268 g/mol. The summed E-state index contributed by atoms with van der Waals surface area (Å²) in [7, 11) is 2.23. The Labute approximate surface area is 119 Å². The first-order chi connectivity index (χ1) is 9.04. The first-order valence-electron chi connectivity index (χ1n) is 8.08. The van der Waals surface area contributed by atoms with Crippen LogP contribution in [-0.2, 0) is 0 Å². The summed E-state index contributed by atoms with van der Waals surface area (Å²) in [6, 6.07) is 0.619. The van der Waals surface area contributed by atoms with E-state index in [4.69, 9.17) is 0 Å². The second-order valence-corrected chi connectivity index (χ2v) is 7.29. The zero-order chi connectivity index (χ0) is 13.9. The highest BCUT2D eigenvalue weighted by Crippen LogP contribution is 2.40. The SMILES string of the molecule is CC1CCCC(CO)(CN2CCCN(C)CC2C)C1. The largest absolute Gasteiger partial charge is 0.396 e. The van der Waals surface area contributed by atoms with Crippen molar-refractivity contribution < 1.29 is 5.11 Å². The van der Waals surface area contributed by atoms with Crippen molar-refractivity contribution in [1.82, 2.24) is 9.80 Å². The summed E-state index contributed by atoms with van der Waals surface area (Å²) in [6.07, 6.45) is 6.33. The molecule has 1 heterocycles. The van der Waals surface area contributed by atoms with E-state index in [-0.39, 0.29) is 5.41 Å². The quantitative estimate of drug-likeness (QED) is 0.850. The molecule has 1 aliphatic heterocycles. The van der Waals surface area contributed by atoms with Crippen LogP contribution in [0.1, 0.15) is 46.0 Å². The van der Waals surface area contributed by atoms with E-state index in [0.29, 0.717) is 12.6 Å². The molecule has 0 radical (unpaired) electrons. The first-order valence-corrected chi connectivity index (χ1v) is 8.08. The molecule has 2 rings (SSSR count). The van der Waals surface area contributed by atoms with Gasteiger partial charge in [-0.3, -0.25) is 4.90 Å². The predicted octanol–water partition coefficient (Wildman–Crippen LogP) is 2.20. The molecule has 3 heteroatoms. The molecule has 19 heavy (non-hydrogen) atoms. The second-order valence-electron chi connectivity index (χ2n) is 7.29. The highest BCUT2D eigenvalue weighted by Gasteiger charge is 2.37. The molecule has 3 nitrogen and oxygen atoms in total. The Bertz CT molecular complexity index is 284. The van der Waals surface area contributed by atoms with Crippen LogP contribution in [0.2, 0.25) is 0 Å². The van der Waals surface area contributed by atoms with Gasteiger partial charge < -0.3 is 10.0 Å². The van der Waals surface area contributed by atoms with Crippen LogP contribution in [-0.4, -0.2) is 60.8 Å². The Balaban J connectivity index is 2.00. The van der Waals surface area contributed by atoms with Gasteiger partial charge in [0.1, 0.15) is 0 Å². The molecule has 1 N–H and O–H groups in total. The summed E-state index contributed by atoms with van der Waals surface area (Å²) in [6.45, 7) is 9.74. The van der Waals surface area contributed by atoms with Crippen molar-refractivity contribution in [3.63, 3.8) is 0 Å². The topological polar surface area (TPSA) is 26.7 Å². The fourth-order valence-electron chi connectivity index (χ4n) is 4.19. The van der Waals surface area contributed by atoms with Crippen LogP contribution in [0.4, 0.5) is 0 Å². The van der Waals surface area contributed by atoms with Gasteiger partial charge in [-0.15, -0.1) is 0 Å². The van der Waals surface area contributed by atoms with Gasteiger partial charge in [-0.25, -0.2) is 0 Å². The van der Waals surface area contributed by atoms with E-state index in [9.17, 15) is 5.11 Å². The molecular formula is C16H32N2O. The number of hydrogen-bond acceptors (Lipinski definition) is 3. The average Bonchev–Trinajstić information content (AvgIpc) is 2.51. The second kappa shape index (κ2) is 6.55. The smallest absolute Gasteiger partial charge is 0.0499 e. The Morgan fingerprint density at radius 2 is 2.00 bits per heavy atom. The third-order valence-electron chi connectivity index (χ3n) is 5.24. The summed E-state index contributed by atoms with van der Waals surface area (Å²) >= 11 is 0. The summed E-state index contributed by atoms with van der Waals surface area (Å²) < 4.78 is 0. The van der Waals surface area contributed by atoms with Crippen LogP contribution < -0.4 is 0 Å². The van der Waals surface area contributed by atoms with Crippen molar-refractivity contribution in [2.75, 3.05) is 39.8 Å². The van der Waals surface area contributed by atoms with E-state index in [1.165, 1.54) is 45.2 Å². The number of nitrogens with zero attached hydrogens (tertiary/aromatic N) is 2. The van der Waals surface area contributed by atoms with Crippen molar-refractivity contribution in [1.29, 1.82) is 0 Å². The van der Waals surface area contributed by atoms with Crippen LogP contribution in [0.15, 0.2) is 0 Å². The standard InChI is InChI=1S/C16H32N2O/c1-14-6-4-7-16(10-14,13-19)12-18-9-5-8-17(3)11-15(18)2/h14-15,19H,4-13H2,1-3H3. The molecule has 112 valence electrons. The van der Waals surface area contributed by atoms with Crippen molar-refractivity contribution in [3.8, 4) is 0 Å². The van der Waals surface area contributed by atoms with Crippen molar-refractivity contribution >= 4 is 0 Å². The molecule has 0 aromatic rings. The molecule has 2 fully saturated rings. The summed E-state index contributed by atoms with van der Waals surface area (Å²) in [5, 5.41) is 9.96. The molecule has 1 saturated carbocycles. The van der Waals surface area contributed by atoms with Gasteiger partial charge in [-0.05, 0) is 52.2 Å². The lowest BCUT2D eigenvalue weighted by molar-refractivity contribution is 0.0138. The van der Waals surface area contributed by atoms with Gasteiger partial charge in [0.25, 0.3) is 0 Å². The van der Waals surface area contributed by atoms with Crippen LogP contribution >= 0.6 is 0 Å². The normalized spacial score (nSPS) is 39.2. The zero-order valence-electron chi connectivity index (χ0n) is 13.1. The molecule has 0 bridgehead atoms. The van der Waals surface area contributed by atoms with Gasteiger partial charge in [0, 0.05) is 31.2 Å². The van der Waals surface area contributed by atoms with E-state index < -0.39 is 0 Å². The van der Waals surface area contributed by atoms with Crippen LogP contribution in [0, 0.1) is 11.3 Å². The molecule has 2 aliphatic rings. The zero-order valence-corrected chi connectivity index (χ0v) is 13.1. The highest BCUT2D eigenvalue weighted by molar-refractivity contribution is 4.90. The number of aliphatic hydroxyl groups excluding tert-OH is 1. The molecule has 0 aromatic carbocycles. The number of likely N-dealkylation sites (N-methyl/N-ethyl adjacent to an activating group) is 1. The van der Waals surface area contributed by atoms with Gasteiger partial charge >= 0.3 is 0 Å². The van der Waals surface area contributed by atoms with Gasteiger partial charge in [0.15, 0.2) is 0 Å². The molecular weight excluding hydrogens is 236 g/mol. The van der Waals surface area contributed by atoms with E-state index in [1.54, 1.807) is 0 Å². The van der Waals surface area contributed by atoms with Gasteiger partial charge in [0.05, 0.1) is 0 Å². The van der Waals surface area contributed by atoms with Crippen LogP contribution in [0.25, 0.3) is 0 Å². The predicted molar refractivity (Wildman–Crippen MR) is 80.3 cm³/mol. The molecule has 0 spiro atoms. The van der Waals surface area contributed by atoms with Gasteiger partial charge in [-0.1, -0.05) is 19.8 Å². The molecule has 3 unspecified atom stereocenters. The number of rotatable bonds is 3. The summed E-state index contributed by atoms with van der Waals surface area (Å²) in [5.41, 5.74) is 0.175. The fraction of sp³-hybridized carbons (Fsp3) is 1.00. The van der Waals surface area contributed by atoms with Gasteiger partial charge in [-0.2, -0.15) is 0 Å². The van der Waals surface area contributed by atoms with Gasteiger partial charge in [0.2, 0.25) is 0 Å². The Morgan fingerprint density at radius 1 is 1.21 bits per heavy atom. The maximum Gasteiger partial charge on any atom is 0.0499 e. The average molecular weight is 268 g/mol. The lowest BCUT2D eigenvalue weighted by Gasteiger charge is -2.43. The molecule has 0 aromatic heterocycles. The first kappa shape index (κ1) is 15.3. The minimum Gasteiger partial charge on any atom is -0.396 e. The molecule has 0 amide bonds. The highest BCUT2D eigenvalue weighted by atomic mass is 16.3. The minimum absolute atomic E-state index is 0.175. The summed E-state index contributed by atoms with van der Waals surface area (Å²) in [4.78, 5) is 5.08. The number of hydrogen-bond donors (Lipinski definition) is 1. The van der Waals surface area contributed by atoms with Crippen molar-refractivity contribution in [2.24, 2.45) is 11.3 Å². The van der Waals surface area contributed by atoms with Crippen molar-refractivity contribution in [2.45, 2.75) is 52.0 Å². The van der Waals surface area contributed by atoms with E-state index >= 15 is 0 Å². The van der Waals surface area contributed by atoms with E-state index in [1.807, 2.05) is 0 Å². The maximum absolute atomic E-state index is 9.96. The third kappa shape index (κ3) is 3.93. The maximum atomic E-state index is 9.96. The molecule has 3 atom stereocenters. The molecule has 1 aliphatic carbocycles. The Hall–Kier alpha value is -0.120. The number of aliphatic hydroxyl groups is 1. The fourth-order valence-corrected chi connectivity index (χ4v) is 4.19. The lowest BCUT2D eigenvalue weighted by atomic mass is 9.70. The minimum atomic E-state index is 0.175. The molecule has 1 saturated heterocycles. The lowest BCUT2D eigenvalue weighted by Crippen LogP contribution is -2.47. The van der Waals surface area contributed by atoms with E-state index in [2.05, 4.69) is 30.7 Å². The van der Waals surface area contributed by atoms with E-state index in [0.717, 1.165) is 19.0 Å².